The van der Waals surface area contributed by atoms with Gasteiger partial charge in [-0.25, -0.2) is 4.79 Å². The zero-order valence-electron chi connectivity index (χ0n) is 17.7. The van der Waals surface area contributed by atoms with Gasteiger partial charge in [0.2, 0.25) is 0 Å². The van der Waals surface area contributed by atoms with Crippen LogP contribution in [0.4, 0.5) is 0 Å². The number of ether oxygens (including phenoxy) is 3. The van der Waals surface area contributed by atoms with Crippen LogP contribution in [-0.2, 0) is 4.79 Å². The summed E-state index contributed by atoms with van der Waals surface area (Å²) in [5, 5.41) is 9.49. The van der Waals surface area contributed by atoms with Crippen LogP contribution >= 0.6 is 0 Å². The lowest BCUT2D eigenvalue weighted by Crippen LogP contribution is -2.18. The van der Waals surface area contributed by atoms with E-state index in [1.165, 1.54) is 7.11 Å². The molecular weight excluding hydrogens is 390 g/mol. The standard InChI is InChI=1S/C26H23NO4/c1-18-9-11-23(13-19(18)2)30-17-26(28)31-24-12-10-20(15-25(24)29-3)14-22(16-27)21-7-5-4-6-8-21/h4-15H,17H2,1-3H3/b22-14+. The lowest BCUT2D eigenvalue weighted by molar-refractivity contribution is -0.136. The second-order valence-corrected chi connectivity index (χ2v) is 6.95. The second kappa shape index (κ2) is 10.1. The fraction of sp³-hybridized carbons (Fsp3) is 0.154. The molecule has 156 valence electrons. The number of esters is 1. The van der Waals surface area contributed by atoms with Crippen LogP contribution in [0.5, 0.6) is 17.2 Å². The van der Waals surface area contributed by atoms with Crippen molar-refractivity contribution in [1.82, 2.24) is 0 Å². The molecule has 31 heavy (non-hydrogen) atoms. The lowest BCUT2D eigenvalue weighted by Gasteiger charge is -2.11. The molecule has 0 aromatic heterocycles. The van der Waals surface area contributed by atoms with Crippen molar-refractivity contribution in [3.63, 3.8) is 0 Å². The van der Waals surface area contributed by atoms with E-state index in [1.807, 2.05) is 62.4 Å². The smallest absolute Gasteiger partial charge is 0.349 e. The number of carbonyl (C=O) groups is 1. The van der Waals surface area contributed by atoms with Gasteiger partial charge in [-0.3, -0.25) is 0 Å². The van der Waals surface area contributed by atoms with Crippen LogP contribution in [0.15, 0.2) is 66.7 Å². The molecule has 0 amide bonds. The first kappa shape index (κ1) is 21.7. The van der Waals surface area contributed by atoms with Crippen molar-refractivity contribution in [2.24, 2.45) is 0 Å². The minimum absolute atomic E-state index is 0.222. The summed E-state index contributed by atoms with van der Waals surface area (Å²) in [6.45, 7) is 3.77. The number of allylic oxidation sites excluding steroid dienone is 1. The van der Waals surface area contributed by atoms with Gasteiger partial charge >= 0.3 is 5.97 Å². The molecule has 3 aromatic carbocycles. The van der Waals surface area contributed by atoms with Crippen molar-refractivity contribution in [3.8, 4) is 23.3 Å². The van der Waals surface area contributed by atoms with Crippen molar-refractivity contribution in [1.29, 1.82) is 5.26 Å². The summed E-state index contributed by atoms with van der Waals surface area (Å²) in [4.78, 5) is 12.2. The third kappa shape index (κ3) is 5.74. The summed E-state index contributed by atoms with van der Waals surface area (Å²) in [5.41, 5.74) is 4.34. The topological polar surface area (TPSA) is 68.5 Å². The maximum Gasteiger partial charge on any atom is 0.349 e. The number of hydrogen-bond acceptors (Lipinski definition) is 5. The largest absolute Gasteiger partial charge is 0.493 e. The van der Waals surface area contributed by atoms with Crippen LogP contribution in [0.2, 0.25) is 0 Å². The second-order valence-electron chi connectivity index (χ2n) is 6.95. The molecule has 0 saturated heterocycles. The van der Waals surface area contributed by atoms with Crippen LogP contribution in [0.25, 0.3) is 11.6 Å². The van der Waals surface area contributed by atoms with E-state index in [0.717, 1.165) is 22.3 Å². The summed E-state index contributed by atoms with van der Waals surface area (Å²) in [6.07, 6.45) is 1.76. The molecule has 5 heteroatoms. The Morgan fingerprint density at radius 3 is 2.42 bits per heavy atom. The first-order chi connectivity index (χ1) is 15.0. The van der Waals surface area contributed by atoms with Crippen molar-refractivity contribution in [3.05, 3.63) is 89.0 Å². The van der Waals surface area contributed by atoms with Crippen molar-refractivity contribution >= 4 is 17.6 Å². The summed E-state index contributed by atoms with van der Waals surface area (Å²) >= 11 is 0. The predicted octanol–water partition coefficient (Wildman–Crippen LogP) is 5.36. The van der Waals surface area contributed by atoms with E-state index in [1.54, 1.807) is 24.3 Å². The third-order valence-electron chi connectivity index (χ3n) is 4.76. The fourth-order valence-corrected chi connectivity index (χ4v) is 2.92. The normalized spacial score (nSPS) is 10.8. The number of aryl methyl sites for hydroxylation is 2. The Morgan fingerprint density at radius 1 is 0.968 bits per heavy atom. The summed E-state index contributed by atoms with van der Waals surface area (Å²) in [6, 6.07) is 22.4. The van der Waals surface area contributed by atoms with Gasteiger partial charge in [0.15, 0.2) is 18.1 Å². The van der Waals surface area contributed by atoms with Crippen LogP contribution in [-0.4, -0.2) is 19.7 Å². The van der Waals surface area contributed by atoms with Crippen molar-refractivity contribution in [2.75, 3.05) is 13.7 Å². The van der Waals surface area contributed by atoms with E-state index in [-0.39, 0.29) is 12.4 Å². The number of rotatable bonds is 7. The molecule has 0 aliphatic carbocycles. The van der Waals surface area contributed by atoms with Crippen LogP contribution in [0, 0.1) is 25.2 Å². The summed E-state index contributed by atoms with van der Waals surface area (Å²) in [5.74, 6) is 0.740. The molecule has 0 spiro atoms. The third-order valence-corrected chi connectivity index (χ3v) is 4.76. The van der Waals surface area contributed by atoms with Crippen molar-refractivity contribution < 1.29 is 19.0 Å². The predicted molar refractivity (Wildman–Crippen MR) is 120 cm³/mol. The number of benzene rings is 3. The van der Waals surface area contributed by atoms with Crippen molar-refractivity contribution in [2.45, 2.75) is 13.8 Å². The molecule has 3 aromatic rings. The molecule has 0 saturated carbocycles. The van der Waals surface area contributed by atoms with E-state index in [9.17, 15) is 10.1 Å². The Balaban J connectivity index is 1.71. The molecule has 0 aliphatic rings. The number of hydrogen-bond donors (Lipinski definition) is 0. The van der Waals surface area contributed by atoms with Gasteiger partial charge in [0.1, 0.15) is 5.75 Å². The number of nitriles is 1. The number of nitrogens with zero attached hydrogens (tertiary/aromatic N) is 1. The van der Waals surface area contributed by atoms with E-state index in [0.29, 0.717) is 17.1 Å². The van der Waals surface area contributed by atoms with Gasteiger partial charge in [0.25, 0.3) is 0 Å². The molecule has 0 unspecified atom stereocenters. The molecule has 0 radical (unpaired) electrons. The lowest BCUT2D eigenvalue weighted by atomic mass is 10.0. The van der Waals surface area contributed by atoms with E-state index in [2.05, 4.69) is 6.07 Å². The van der Waals surface area contributed by atoms with Gasteiger partial charge in [-0.1, -0.05) is 42.5 Å². The molecule has 0 bridgehead atoms. The first-order valence-electron chi connectivity index (χ1n) is 9.76. The average molecular weight is 413 g/mol. The Kier molecular flexibility index (Phi) is 7.08. The van der Waals surface area contributed by atoms with Gasteiger partial charge in [0, 0.05) is 0 Å². The number of carbonyl (C=O) groups excluding carboxylic acids is 1. The Hall–Kier alpha value is -4.04. The van der Waals surface area contributed by atoms with Crippen LogP contribution in [0.1, 0.15) is 22.3 Å². The molecule has 0 N–H and O–H groups in total. The van der Waals surface area contributed by atoms with Crippen LogP contribution < -0.4 is 14.2 Å². The van der Waals surface area contributed by atoms with E-state index >= 15 is 0 Å². The highest BCUT2D eigenvalue weighted by molar-refractivity contribution is 5.89. The Bertz CT molecular complexity index is 1140. The molecule has 5 nitrogen and oxygen atoms in total. The van der Waals surface area contributed by atoms with Gasteiger partial charge in [0.05, 0.1) is 18.8 Å². The molecule has 0 atom stereocenters. The fourth-order valence-electron chi connectivity index (χ4n) is 2.92. The minimum Gasteiger partial charge on any atom is -0.493 e. The van der Waals surface area contributed by atoms with Gasteiger partial charge in [-0.05, 0) is 66.4 Å². The van der Waals surface area contributed by atoms with Gasteiger partial charge < -0.3 is 14.2 Å². The quantitative estimate of drug-likeness (QED) is 0.226. The monoisotopic (exact) mass is 413 g/mol. The number of methoxy groups -OCH3 is 1. The zero-order valence-corrected chi connectivity index (χ0v) is 17.7. The molecule has 3 rings (SSSR count). The molecule has 0 aliphatic heterocycles. The van der Waals surface area contributed by atoms with Gasteiger partial charge in [-0.15, -0.1) is 0 Å². The highest BCUT2D eigenvalue weighted by Crippen LogP contribution is 2.30. The molecule has 0 fully saturated rings. The minimum atomic E-state index is -0.540. The van der Waals surface area contributed by atoms with Gasteiger partial charge in [-0.2, -0.15) is 5.26 Å². The maximum atomic E-state index is 12.2. The summed E-state index contributed by atoms with van der Waals surface area (Å²) < 4.78 is 16.3. The van der Waals surface area contributed by atoms with E-state index in [4.69, 9.17) is 14.2 Å². The maximum absolute atomic E-state index is 12.2. The zero-order chi connectivity index (χ0) is 22.2. The van der Waals surface area contributed by atoms with Crippen LogP contribution in [0.3, 0.4) is 0 Å². The first-order valence-corrected chi connectivity index (χ1v) is 9.76. The Labute approximate surface area is 182 Å². The molecule has 0 heterocycles. The average Bonchev–Trinajstić information content (AvgIpc) is 2.79. The summed E-state index contributed by atoms with van der Waals surface area (Å²) in [7, 11) is 1.49. The highest BCUT2D eigenvalue weighted by Gasteiger charge is 2.12. The Morgan fingerprint density at radius 2 is 1.74 bits per heavy atom. The molecular formula is C26H23NO4. The SMILES string of the molecule is COc1cc(/C=C(\C#N)c2ccccc2)ccc1OC(=O)COc1ccc(C)c(C)c1. The van der Waals surface area contributed by atoms with E-state index < -0.39 is 5.97 Å². The highest BCUT2D eigenvalue weighted by atomic mass is 16.6.